The summed E-state index contributed by atoms with van der Waals surface area (Å²) in [5.41, 5.74) is 0. The lowest BCUT2D eigenvalue weighted by Crippen LogP contribution is -2.38. The van der Waals surface area contributed by atoms with E-state index in [-0.39, 0.29) is 18.9 Å². The number of likely N-dealkylation sites (tertiary alicyclic amines) is 1. The number of ether oxygens (including phenoxy) is 1. The molecule has 0 radical (unpaired) electrons. The molecular formula is C8H10N2O4. The summed E-state index contributed by atoms with van der Waals surface area (Å²) in [5.74, 6) is -0.939. The van der Waals surface area contributed by atoms with Crippen molar-refractivity contribution in [2.45, 2.75) is 25.7 Å². The van der Waals surface area contributed by atoms with E-state index in [1.165, 1.54) is 6.92 Å². The van der Waals surface area contributed by atoms with E-state index in [0.717, 1.165) is 4.90 Å². The van der Waals surface area contributed by atoms with Crippen LogP contribution in [0.1, 0.15) is 13.3 Å². The van der Waals surface area contributed by atoms with Crippen molar-refractivity contribution >= 4 is 11.9 Å². The molecule has 0 aromatic heterocycles. The molecule has 14 heavy (non-hydrogen) atoms. The maximum atomic E-state index is 11.2. The lowest BCUT2D eigenvalue weighted by Gasteiger charge is -2.19. The minimum atomic E-state index is -1.20. The van der Waals surface area contributed by atoms with Crippen molar-refractivity contribution in [1.29, 1.82) is 5.26 Å². The fraction of sp³-hybridized carbons (Fsp3) is 0.625. The summed E-state index contributed by atoms with van der Waals surface area (Å²) in [6.07, 6.45) is -2.12. The molecule has 76 valence electrons. The smallest absolute Gasteiger partial charge is 0.303 e. The highest BCUT2D eigenvalue weighted by atomic mass is 16.6. The minimum Gasteiger partial charge on any atom is -0.457 e. The van der Waals surface area contributed by atoms with Crippen molar-refractivity contribution < 1.29 is 19.4 Å². The van der Waals surface area contributed by atoms with Gasteiger partial charge in [0, 0.05) is 6.92 Å². The van der Waals surface area contributed by atoms with Gasteiger partial charge in [-0.05, 0) is 0 Å². The van der Waals surface area contributed by atoms with Crippen LogP contribution in [0.3, 0.4) is 0 Å². The first-order chi connectivity index (χ1) is 6.56. The topological polar surface area (TPSA) is 90.6 Å². The number of nitriles is 1. The number of aliphatic hydroxyl groups is 1. The highest BCUT2D eigenvalue weighted by Gasteiger charge is 2.40. The second kappa shape index (κ2) is 4.07. The Bertz CT molecular complexity index is 296. The third-order valence-corrected chi connectivity index (χ3v) is 1.91. The molecule has 0 unspecified atom stereocenters. The highest BCUT2D eigenvalue weighted by Crippen LogP contribution is 2.19. The van der Waals surface area contributed by atoms with Gasteiger partial charge in [-0.25, -0.2) is 0 Å². The Morgan fingerprint density at radius 1 is 1.86 bits per heavy atom. The number of carbonyl (C=O) groups is 2. The van der Waals surface area contributed by atoms with E-state index in [9.17, 15) is 14.7 Å². The van der Waals surface area contributed by atoms with Crippen molar-refractivity contribution in [2.75, 3.05) is 6.54 Å². The third kappa shape index (κ3) is 2.00. The van der Waals surface area contributed by atoms with Crippen LogP contribution in [0, 0.1) is 11.3 Å². The van der Waals surface area contributed by atoms with Gasteiger partial charge < -0.3 is 14.7 Å². The van der Waals surface area contributed by atoms with Gasteiger partial charge in [-0.1, -0.05) is 0 Å². The summed E-state index contributed by atoms with van der Waals surface area (Å²) in [7, 11) is 0. The van der Waals surface area contributed by atoms with Crippen LogP contribution in [-0.4, -0.2) is 40.8 Å². The van der Waals surface area contributed by atoms with E-state index in [0.29, 0.717) is 0 Å². The molecule has 1 saturated heterocycles. The van der Waals surface area contributed by atoms with Gasteiger partial charge in [0.25, 0.3) is 0 Å². The molecule has 0 aliphatic carbocycles. The molecule has 0 bridgehead atoms. The van der Waals surface area contributed by atoms with Gasteiger partial charge in [0.1, 0.15) is 6.54 Å². The van der Waals surface area contributed by atoms with Crippen LogP contribution in [0.2, 0.25) is 0 Å². The van der Waals surface area contributed by atoms with Crippen LogP contribution >= 0.6 is 0 Å². The van der Waals surface area contributed by atoms with Crippen molar-refractivity contribution in [2.24, 2.45) is 0 Å². The van der Waals surface area contributed by atoms with Gasteiger partial charge in [-0.15, -0.1) is 0 Å². The second-order valence-corrected chi connectivity index (χ2v) is 2.95. The molecule has 2 atom stereocenters. The molecule has 1 fully saturated rings. The van der Waals surface area contributed by atoms with Crippen molar-refractivity contribution in [3.8, 4) is 6.07 Å². The molecule has 1 amide bonds. The largest absolute Gasteiger partial charge is 0.457 e. The molecular weight excluding hydrogens is 188 g/mol. The molecule has 1 N–H and O–H groups in total. The van der Waals surface area contributed by atoms with E-state index in [2.05, 4.69) is 0 Å². The number of rotatable bonds is 2. The van der Waals surface area contributed by atoms with Crippen molar-refractivity contribution in [1.82, 2.24) is 4.90 Å². The van der Waals surface area contributed by atoms with Gasteiger partial charge in [0.2, 0.25) is 5.91 Å². The minimum absolute atomic E-state index is 0.0670. The van der Waals surface area contributed by atoms with Gasteiger partial charge in [-0.3, -0.25) is 9.59 Å². The third-order valence-electron chi connectivity index (χ3n) is 1.91. The number of nitrogens with zero attached hydrogens (tertiary/aromatic N) is 2. The Labute approximate surface area is 80.7 Å². The first kappa shape index (κ1) is 10.5. The first-order valence-corrected chi connectivity index (χ1v) is 4.08. The second-order valence-electron chi connectivity index (χ2n) is 2.95. The van der Waals surface area contributed by atoms with E-state index in [1.54, 1.807) is 6.07 Å². The highest BCUT2D eigenvalue weighted by molar-refractivity contribution is 5.80. The van der Waals surface area contributed by atoms with Crippen LogP contribution in [-0.2, 0) is 14.3 Å². The molecule has 1 rings (SSSR count). The molecule has 6 heteroatoms. The summed E-state index contributed by atoms with van der Waals surface area (Å²) < 4.78 is 4.71. The number of aliphatic hydroxyl groups excluding tert-OH is 1. The predicted octanol–water partition coefficient (Wildman–Crippen LogP) is -1.01. The Balaban J connectivity index is 2.64. The van der Waals surface area contributed by atoms with Crippen LogP contribution in [0.5, 0.6) is 0 Å². The number of esters is 1. The fourth-order valence-corrected chi connectivity index (χ4v) is 1.32. The molecule has 1 aliphatic rings. The Morgan fingerprint density at radius 2 is 2.50 bits per heavy atom. The zero-order valence-corrected chi connectivity index (χ0v) is 7.64. The molecule has 1 aliphatic heterocycles. The molecule has 0 spiro atoms. The lowest BCUT2D eigenvalue weighted by atomic mass is 10.3. The van der Waals surface area contributed by atoms with E-state index < -0.39 is 18.3 Å². The van der Waals surface area contributed by atoms with Crippen LogP contribution < -0.4 is 0 Å². The monoisotopic (exact) mass is 198 g/mol. The summed E-state index contributed by atoms with van der Waals surface area (Å²) in [5, 5.41) is 17.8. The number of hydrogen-bond acceptors (Lipinski definition) is 5. The summed E-state index contributed by atoms with van der Waals surface area (Å²) in [6, 6.07) is 1.75. The molecule has 0 saturated carbocycles. The number of hydrogen-bond donors (Lipinski definition) is 1. The number of carbonyl (C=O) groups excluding carboxylic acids is 2. The van der Waals surface area contributed by atoms with Gasteiger partial charge in [0.05, 0.1) is 12.5 Å². The Kier molecular flexibility index (Phi) is 3.04. The maximum absolute atomic E-state index is 11.2. The van der Waals surface area contributed by atoms with Gasteiger partial charge in [-0.2, -0.15) is 5.26 Å². The van der Waals surface area contributed by atoms with Gasteiger partial charge in [0.15, 0.2) is 12.3 Å². The van der Waals surface area contributed by atoms with Crippen LogP contribution in [0.4, 0.5) is 0 Å². The average Bonchev–Trinajstić information content (AvgIpc) is 2.32. The summed E-state index contributed by atoms with van der Waals surface area (Å²) >= 11 is 0. The summed E-state index contributed by atoms with van der Waals surface area (Å²) in [4.78, 5) is 22.8. The van der Waals surface area contributed by atoms with Crippen molar-refractivity contribution in [3.05, 3.63) is 0 Å². The quantitative estimate of drug-likeness (QED) is 0.453. The SMILES string of the molecule is CC(=O)O[C@@H]1CC(=O)N(CC#N)[C@H]1O. The van der Waals surface area contributed by atoms with E-state index in [4.69, 9.17) is 10.00 Å². The predicted molar refractivity (Wildman–Crippen MR) is 43.5 cm³/mol. The molecule has 6 nitrogen and oxygen atoms in total. The summed E-state index contributed by atoms with van der Waals surface area (Å²) in [6.45, 7) is 1.00. The Morgan fingerprint density at radius 3 is 3.00 bits per heavy atom. The normalized spacial score (nSPS) is 26.1. The number of amides is 1. The maximum Gasteiger partial charge on any atom is 0.303 e. The zero-order valence-electron chi connectivity index (χ0n) is 7.64. The Hall–Kier alpha value is -1.61. The standard InChI is InChI=1S/C8H10N2O4/c1-5(11)14-6-4-7(12)10(3-2-9)8(6)13/h6,8,13H,3-4H2,1H3/t6-,8+/m1/s1. The van der Waals surface area contributed by atoms with E-state index >= 15 is 0 Å². The molecule has 0 aromatic rings. The van der Waals surface area contributed by atoms with Crippen molar-refractivity contribution in [3.63, 3.8) is 0 Å². The fourth-order valence-electron chi connectivity index (χ4n) is 1.32. The van der Waals surface area contributed by atoms with E-state index in [1.807, 2.05) is 0 Å². The van der Waals surface area contributed by atoms with Crippen LogP contribution in [0.15, 0.2) is 0 Å². The molecule has 0 aromatic carbocycles. The lowest BCUT2D eigenvalue weighted by molar-refractivity contribution is -0.154. The average molecular weight is 198 g/mol. The van der Waals surface area contributed by atoms with Gasteiger partial charge >= 0.3 is 5.97 Å². The molecule has 1 heterocycles. The zero-order chi connectivity index (χ0) is 10.7. The first-order valence-electron chi connectivity index (χ1n) is 4.08. The van der Waals surface area contributed by atoms with Crippen LogP contribution in [0.25, 0.3) is 0 Å².